The predicted octanol–water partition coefficient (Wildman–Crippen LogP) is 4.75. The van der Waals surface area contributed by atoms with E-state index in [1.54, 1.807) is 27.6 Å². The number of likely N-dealkylation sites (tertiary alicyclic amines) is 1. The van der Waals surface area contributed by atoms with Gasteiger partial charge in [0.05, 0.1) is 29.2 Å². The fourth-order valence-corrected chi connectivity index (χ4v) is 10.6. The minimum absolute atomic E-state index is 0.0443. The highest BCUT2D eigenvalue weighted by Gasteiger charge is 2.76. The van der Waals surface area contributed by atoms with Crippen LogP contribution in [0.3, 0.4) is 0 Å². The lowest BCUT2D eigenvalue weighted by Gasteiger charge is -2.40. The molecule has 7 nitrogen and oxygen atoms in total. The van der Waals surface area contributed by atoms with Gasteiger partial charge in [-0.1, -0.05) is 83.2 Å². The number of thioether (sulfide) groups is 1. The molecular weight excluding hydrogens is 604 g/mol. The molecule has 0 saturated carbocycles. The molecule has 2 aromatic rings. The van der Waals surface area contributed by atoms with Gasteiger partial charge in [0.2, 0.25) is 5.91 Å². The lowest BCUT2D eigenvalue weighted by atomic mass is 9.71. The van der Waals surface area contributed by atoms with Crippen LogP contribution in [0.1, 0.15) is 29.2 Å². The number of carbonyl (C=O) groups is 3. The van der Waals surface area contributed by atoms with Crippen LogP contribution < -0.4 is 4.90 Å². The van der Waals surface area contributed by atoms with Gasteiger partial charge < -0.3 is 19.6 Å². The largest absolute Gasteiger partial charge is 0.461 e. The highest BCUT2D eigenvalue weighted by Crippen LogP contribution is 2.68. The minimum Gasteiger partial charge on any atom is -0.461 e. The molecule has 3 saturated heterocycles. The number of hydrogen-bond acceptors (Lipinski definition) is 6. The van der Waals surface area contributed by atoms with E-state index in [0.29, 0.717) is 6.42 Å². The van der Waals surface area contributed by atoms with Crippen LogP contribution in [0, 0.1) is 25.7 Å². The normalized spacial score (nSPS) is 28.7. The monoisotopic (exact) mass is 638 g/mol. The van der Waals surface area contributed by atoms with Gasteiger partial charge in [0.1, 0.15) is 12.6 Å². The van der Waals surface area contributed by atoms with Gasteiger partial charge in [0.25, 0.3) is 5.91 Å². The number of alkyl halides is 1. The first-order chi connectivity index (χ1) is 19.7. The smallest absolute Gasteiger partial charge is 0.311 e. The van der Waals surface area contributed by atoms with Crippen molar-refractivity contribution in [3.63, 3.8) is 0 Å². The molecule has 3 fully saturated rings. The van der Waals surface area contributed by atoms with Crippen LogP contribution >= 0.6 is 27.7 Å². The summed E-state index contributed by atoms with van der Waals surface area (Å²) < 4.78 is 4.61. The SMILES string of the molecule is C=CCOC(=O)[C@H]1[C@@H]2SC3(CC2Br)C(C(=O)N(CC=C)c2c(C)cccc2C)N([C@H](CO)c2ccccc2)C(=O)[C@H]13. The molecule has 3 aliphatic heterocycles. The van der Waals surface area contributed by atoms with Crippen molar-refractivity contribution in [2.24, 2.45) is 11.8 Å². The van der Waals surface area contributed by atoms with Crippen molar-refractivity contribution in [3.8, 4) is 0 Å². The number of halogens is 1. The third-order valence-electron chi connectivity index (χ3n) is 8.56. The van der Waals surface area contributed by atoms with Crippen LogP contribution in [0.2, 0.25) is 0 Å². The molecule has 0 aliphatic carbocycles. The Morgan fingerprint density at radius 1 is 1.17 bits per heavy atom. The summed E-state index contributed by atoms with van der Waals surface area (Å²) in [5.74, 6) is -2.51. The third kappa shape index (κ3) is 4.76. The second-order valence-electron chi connectivity index (χ2n) is 10.9. The number of carbonyl (C=O) groups excluding carboxylic acids is 3. The van der Waals surface area contributed by atoms with E-state index in [2.05, 4.69) is 29.1 Å². The highest BCUT2D eigenvalue weighted by molar-refractivity contribution is 9.09. The number of para-hydroxylation sites is 1. The Morgan fingerprint density at radius 2 is 1.85 bits per heavy atom. The summed E-state index contributed by atoms with van der Waals surface area (Å²) in [5, 5.41) is 10.5. The maximum absolute atomic E-state index is 15.0. The number of aliphatic hydroxyl groups is 1. The Morgan fingerprint density at radius 3 is 2.46 bits per heavy atom. The number of fused-ring (bicyclic) bond motifs is 1. The van der Waals surface area contributed by atoms with E-state index in [1.165, 1.54) is 6.08 Å². The molecule has 2 bridgehead atoms. The van der Waals surface area contributed by atoms with E-state index in [9.17, 15) is 19.5 Å². The van der Waals surface area contributed by atoms with Crippen LogP contribution in [-0.2, 0) is 19.1 Å². The third-order valence-corrected chi connectivity index (χ3v) is 11.8. The van der Waals surface area contributed by atoms with Crippen molar-refractivity contribution in [1.82, 2.24) is 4.90 Å². The number of amides is 2. The Kier molecular flexibility index (Phi) is 8.51. The van der Waals surface area contributed by atoms with Crippen LogP contribution in [-0.4, -0.2) is 68.4 Å². The summed E-state index contributed by atoms with van der Waals surface area (Å²) >= 11 is 5.33. The fraction of sp³-hybridized carbons (Fsp3) is 0.406. The van der Waals surface area contributed by atoms with E-state index in [4.69, 9.17) is 4.74 Å². The number of benzene rings is 2. The number of nitrogens with zero attached hydrogens (tertiary/aromatic N) is 2. The molecule has 3 heterocycles. The predicted molar refractivity (Wildman–Crippen MR) is 165 cm³/mol. The fourth-order valence-electron chi connectivity index (χ4n) is 7.02. The van der Waals surface area contributed by atoms with Gasteiger partial charge in [-0.15, -0.1) is 18.3 Å². The van der Waals surface area contributed by atoms with E-state index in [1.807, 2.05) is 62.4 Å². The Bertz CT molecular complexity index is 1350. The number of aryl methyl sites for hydroxylation is 2. The van der Waals surface area contributed by atoms with Gasteiger partial charge in [0.15, 0.2) is 0 Å². The first-order valence-electron chi connectivity index (χ1n) is 13.8. The second kappa shape index (κ2) is 11.8. The number of esters is 1. The summed E-state index contributed by atoms with van der Waals surface area (Å²) in [5.41, 5.74) is 3.36. The first kappa shape index (κ1) is 29.6. The molecule has 216 valence electrons. The number of hydrogen-bond donors (Lipinski definition) is 1. The molecule has 1 spiro atoms. The van der Waals surface area contributed by atoms with Crippen molar-refractivity contribution < 1.29 is 24.2 Å². The number of ether oxygens (including phenoxy) is 1. The second-order valence-corrected chi connectivity index (χ2v) is 13.6. The van der Waals surface area contributed by atoms with Crippen LogP contribution in [0.5, 0.6) is 0 Å². The van der Waals surface area contributed by atoms with Crippen LogP contribution in [0.4, 0.5) is 5.69 Å². The average molecular weight is 640 g/mol. The maximum atomic E-state index is 15.0. The zero-order chi connectivity index (χ0) is 29.5. The van der Waals surface area contributed by atoms with Crippen molar-refractivity contribution in [3.05, 3.63) is 90.5 Å². The number of anilines is 1. The zero-order valence-electron chi connectivity index (χ0n) is 23.2. The minimum atomic E-state index is -0.927. The Hall–Kier alpha value is -2.88. The standard InChI is InChI=1S/C32H35BrN2O5S/c1-5-15-34(26-19(3)11-10-12-20(26)4)30(38)28-32-17-22(33)27(41-32)24(31(39)40-16-6-2)25(32)29(37)35(28)23(18-36)21-13-8-7-9-14-21/h5-14,22-25,27-28,36H,1-2,15-18H2,3-4H3/t22?,23-,24-,25+,27-,28?,32?/m1/s1. The molecule has 3 aliphatic rings. The first-order valence-corrected chi connectivity index (χ1v) is 15.6. The summed E-state index contributed by atoms with van der Waals surface area (Å²) in [6.07, 6.45) is 3.71. The van der Waals surface area contributed by atoms with Gasteiger partial charge in [-0.25, -0.2) is 0 Å². The zero-order valence-corrected chi connectivity index (χ0v) is 25.6. The van der Waals surface area contributed by atoms with Crippen LogP contribution in [0.25, 0.3) is 0 Å². The van der Waals surface area contributed by atoms with Gasteiger partial charge >= 0.3 is 5.97 Å². The molecule has 9 heteroatoms. The van der Waals surface area contributed by atoms with E-state index >= 15 is 0 Å². The van der Waals surface area contributed by atoms with E-state index in [0.717, 1.165) is 22.4 Å². The maximum Gasteiger partial charge on any atom is 0.311 e. The summed E-state index contributed by atoms with van der Waals surface area (Å²) in [6.45, 7) is 11.4. The van der Waals surface area contributed by atoms with Crippen molar-refractivity contribution >= 4 is 51.2 Å². The highest BCUT2D eigenvalue weighted by atomic mass is 79.9. The van der Waals surface area contributed by atoms with Gasteiger partial charge in [-0.3, -0.25) is 14.4 Å². The Balaban J connectivity index is 1.68. The molecule has 1 N–H and O–H groups in total. The summed E-state index contributed by atoms with van der Waals surface area (Å²) in [6, 6.07) is 13.4. The molecule has 5 rings (SSSR count). The molecule has 0 radical (unpaired) electrons. The quantitative estimate of drug-likeness (QED) is 0.230. The Labute approximate surface area is 253 Å². The molecule has 41 heavy (non-hydrogen) atoms. The van der Waals surface area contributed by atoms with Crippen LogP contribution in [0.15, 0.2) is 73.8 Å². The van der Waals surface area contributed by atoms with Crippen molar-refractivity contribution in [2.45, 2.75) is 47.2 Å². The molecule has 7 atom stereocenters. The summed E-state index contributed by atoms with van der Waals surface area (Å²) in [7, 11) is 0. The average Bonchev–Trinajstić information content (AvgIpc) is 3.55. The molecule has 0 aromatic heterocycles. The lowest BCUT2D eigenvalue weighted by molar-refractivity contribution is -0.153. The molecule has 2 amide bonds. The lowest BCUT2D eigenvalue weighted by Crippen LogP contribution is -2.56. The molecule has 2 aromatic carbocycles. The van der Waals surface area contributed by atoms with Gasteiger partial charge in [0, 0.05) is 22.3 Å². The van der Waals surface area contributed by atoms with Gasteiger partial charge in [-0.2, -0.15) is 0 Å². The number of rotatable bonds is 10. The number of aliphatic hydroxyl groups excluding tert-OH is 1. The van der Waals surface area contributed by atoms with Gasteiger partial charge in [-0.05, 0) is 37.0 Å². The van der Waals surface area contributed by atoms with E-state index < -0.39 is 34.6 Å². The van der Waals surface area contributed by atoms with Crippen molar-refractivity contribution in [1.29, 1.82) is 0 Å². The van der Waals surface area contributed by atoms with E-state index in [-0.39, 0.29) is 41.6 Å². The van der Waals surface area contributed by atoms with Crippen molar-refractivity contribution in [2.75, 3.05) is 24.7 Å². The summed E-state index contributed by atoms with van der Waals surface area (Å²) in [4.78, 5) is 46.2. The molecular formula is C32H35BrN2O5S. The topological polar surface area (TPSA) is 87.2 Å². The molecule has 3 unspecified atom stereocenters.